The number of amides is 1. The summed E-state index contributed by atoms with van der Waals surface area (Å²) in [6, 6.07) is 12.5. The number of carbonyl (C=O) groups is 1. The molecule has 136 valence electrons. The Morgan fingerprint density at radius 2 is 1.77 bits per heavy atom. The van der Waals surface area contributed by atoms with Crippen molar-refractivity contribution in [1.82, 2.24) is 5.32 Å². The van der Waals surface area contributed by atoms with E-state index in [4.69, 9.17) is 23.2 Å². The maximum Gasteiger partial charge on any atom is 0.227 e. The van der Waals surface area contributed by atoms with Gasteiger partial charge in [-0.05, 0) is 73.7 Å². The Morgan fingerprint density at radius 3 is 2.46 bits per heavy atom. The van der Waals surface area contributed by atoms with E-state index in [9.17, 15) is 4.79 Å². The third-order valence-corrected chi connectivity index (χ3v) is 6.23. The van der Waals surface area contributed by atoms with Crippen molar-refractivity contribution in [3.63, 3.8) is 0 Å². The Kier molecular flexibility index (Phi) is 4.96. The zero-order valence-electron chi connectivity index (χ0n) is 14.7. The molecular formula is C21H22Cl2N2O. The van der Waals surface area contributed by atoms with Crippen LogP contribution in [-0.2, 0) is 4.79 Å². The molecule has 1 fully saturated rings. The molecule has 2 N–H and O–H groups in total. The third-order valence-electron chi connectivity index (χ3n) is 5.49. The summed E-state index contributed by atoms with van der Waals surface area (Å²) in [5.74, 6) is 0.635. The molecule has 0 bridgehead atoms. The highest BCUT2D eigenvalue weighted by atomic mass is 35.5. The monoisotopic (exact) mass is 388 g/mol. The van der Waals surface area contributed by atoms with E-state index in [0.29, 0.717) is 16.1 Å². The highest BCUT2D eigenvalue weighted by Crippen LogP contribution is 2.43. The maximum absolute atomic E-state index is 12.1. The quantitative estimate of drug-likeness (QED) is 0.722. The van der Waals surface area contributed by atoms with E-state index in [0.717, 1.165) is 31.4 Å². The van der Waals surface area contributed by atoms with Crippen LogP contribution in [-0.4, -0.2) is 13.0 Å². The van der Waals surface area contributed by atoms with Crippen LogP contribution in [0.25, 0.3) is 0 Å². The first-order chi connectivity index (χ1) is 12.6. The Balaban J connectivity index is 1.68. The predicted octanol–water partition coefficient (Wildman–Crippen LogP) is 5.53. The highest BCUT2D eigenvalue weighted by Gasteiger charge is 2.31. The van der Waals surface area contributed by atoms with Crippen molar-refractivity contribution in [1.29, 1.82) is 0 Å². The number of hydrogen-bond acceptors (Lipinski definition) is 2. The van der Waals surface area contributed by atoms with Crippen LogP contribution in [0.1, 0.15) is 54.3 Å². The molecule has 1 amide bonds. The lowest BCUT2D eigenvalue weighted by Gasteiger charge is -2.32. The van der Waals surface area contributed by atoms with Crippen molar-refractivity contribution in [2.24, 2.45) is 5.92 Å². The first-order valence-electron chi connectivity index (χ1n) is 9.13. The van der Waals surface area contributed by atoms with E-state index in [1.165, 1.54) is 16.7 Å². The van der Waals surface area contributed by atoms with Gasteiger partial charge in [-0.15, -0.1) is 0 Å². The summed E-state index contributed by atoms with van der Waals surface area (Å²) in [6.07, 6.45) is 4.10. The van der Waals surface area contributed by atoms with Crippen LogP contribution in [0, 0.1) is 5.92 Å². The molecule has 3 nitrogen and oxygen atoms in total. The standard InChI is InChI=1S/C21H22Cl2N2O/c1-24-20-9-7-15(13-4-8-18(22)19(23)10-13)16-6-5-14(11-17(16)20)25-21(26)12-2-3-12/h4-6,8,10-12,15,20,24H,2-3,7,9H2,1H3,(H,25,26). The lowest BCUT2D eigenvalue weighted by molar-refractivity contribution is -0.117. The lowest BCUT2D eigenvalue weighted by atomic mass is 9.76. The number of anilines is 1. The van der Waals surface area contributed by atoms with Gasteiger partial charge in [0.1, 0.15) is 0 Å². The fraction of sp³-hybridized carbons (Fsp3) is 0.381. The smallest absolute Gasteiger partial charge is 0.227 e. The first-order valence-corrected chi connectivity index (χ1v) is 9.89. The van der Waals surface area contributed by atoms with Crippen LogP contribution in [0.2, 0.25) is 10.0 Å². The minimum atomic E-state index is 0.141. The molecule has 1 saturated carbocycles. The maximum atomic E-state index is 12.1. The lowest BCUT2D eigenvalue weighted by Crippen LogP contribution is -2.25. The van der Waals surface area contributed by atoms with E-state index in [2.05, 4.69) is 28.8 Å². The molecule has 0 aliphatic heterocycles. The molecule has 4 rings (SSSR count). The average molecular weight is 389 g/mol. The average Bonchev–Trinajstić information content (AvgIpc) is 3.48. The van der Waals surface area contributed by atoms with Crippen molar-refractivity contribution in [3.8, 4) is 0 Å². The molecule has 2 aliphatic rings. The van der Waals surface area contributed by atoms with Gasteiger partial charge in [-0.2, -0.15) is 0 Å². The van der Waals surface area contributed by atoms with Gasteiger partial charge in [0.05, 0.1) is 10.0 Å². The predicted molar refractivity (Wildman–Crippen MR) is 107 cm³/mol. The molecule has 2 aromatic rings. The van der Waals surface area contributed by atoms with Gasteiger partial charge in [-0.1, -0.05) is 35.3 Å². The van der Waals surface area contributed by atoms with Crippen LogP contribution in [0.3, 0.4) is 0 Å². The number of fused-ring (bicyclic) bond motifs is 1. The molecule has 2 unspecified atom stereocenters. The molecule has 2 aromatic carbocycles. The number of rotatable bonds is 4. The van der Waals surface area contributed by atoms with Gasteiger partial charge in [-0.3, -0.25) is 4.79 Å². The molecule has 0 spiro atoms. The van der Waals surface area contributed by atoms with Gasteiger partial charge in [0.15, 0.2) is 0 Å². The van der Waals surface area contributed by atoms with E-state index < -0.39 is 0 Å². The van der Waals surface area contributed by atoms with Crippen LogP contribution in [0.5, 0.6) is 0 Å². The van der Waals surface area contributed by atoms with Crippen molar-refractivity contribution >= 4 is 34.8 Å². The number of nitrogens with one attached hydrogen (secondary N) is 2. The van der Waals surface area contributed by atoms with Gasteiger partial charge < -0.3 is 10.6 Å². The van der Waals surface area contributed by atoms with Gasteiger partial charge in [-0.25, -0.2) is 0 Å². The van der Waals surface area contributed by atoms with E-state index in [-0.39, 0.29) is 17.7 Å². The van der Waals surface area contributed by atoms with E-state index in [1.54, 1.807) is 0 Å². The van der Waals surface area contributed by atoms with Crippen LogP contribution in [0.15, 0.2) is 36.4 Å². The van der Waals surface area contributed by atoms with Gasteiger partial charge in [0.25, 0.3) is 0 Å². The first kappa shape index (κ1) is 17.8. The number of benzene rings is 2. The van der Waals surface area contributed by atoms with Crippen LogP contribution >= 0.6 is 23.2 Å². The second-order valence-electron chi connectivity index (χ2n) is 7.25. The second-order valence-corrected chi connectivity index (χ2v) is 8.07. The summed E-state index contributed by atoms with van der Waals surface area (Å²) in [6.45, 7) is 0. The minimum Gasteiger partial charge on any atom is -0.326 e. The van der Waals surface area contributed by atoms with Crippen molar-refractivity contribution < 1.29 is 4.79 Å². The number of carbonyl (C=O) groups excluding carboxylic acids is 1. The molecule has 0 saturated heterocycles. The summed E-state index contributed by atoms with van der Waals surface area (Å²) in [5, 5.41) is 7.65. The summed E-state index contributed by atoms with van der Waals surface area (Å²) in [5.41, 5.74) is 4.61. The Morgan fingerprint density at radius 1 is 0.962 bits per heavy atom. The SMILES string of the molecule is CNC1CCC(c2ccc(Cl)c(Cl)c2)c2ccc(NC(=O)C3CC3)cc21. The van der Waals surface area contributed by atoms with E-state index in [1.807, 2.05) is 25.2 Å². The van der Waals surface area contributed by atoms with Crippen molar-refractivity contribution in [2.45, 2.75) is 37.6 Å². The van der Waals surface area contributed by atoms with Gasteiger partial charge in [0, 0.05) is 23.6 Å². The zero-order valence-corrected chi connectivity index (χ0v) is 16.2. The van der Waals surface area contributed by atoms with Crippen LogP contribution in [0.4, 0.5) is 5.69 Å². The summed E-state index contributed by atoms with van der Waals surface area (Å²) in [4.78, 5) is 12.1. The molecule has 0 aromatic heterocycles. The van der Waals surface area contributed by atoms with Crippen LogP contribution < -0.4 is 10.6 Å². The molecule has 2 aliphatic carbocycles. The molecule has 2 atom stereocenters. The third kappa shape index (κ3) is 3.48. The molecule has 26 heavy (non-hydrogen) atoms. The van der Waals surface area contributed by atoms with Crippen molar-refractivity contribution in [2.75, 3.05) is 12.4 Å². The largest absolute Gasteiger partial charge is 0.326 e. The fourth-order valence-electron chi connectivity index (χ4n) is 3.88. The van der Waals surface area contributed by atoms with Gasteiger partial charge >= 0.3 is 0 Å². The Labute approximate surface area is 164 Å². The molecule has 0 radical (unpaired) electrons. The molecule has 0 heterocycles. The fourth-order valence-corrected chi connectivity index (χ4v) is 4.19. The van der Waals surface area contributed by atoms with Gasteiger partial charge in [0.2, 0.25) is 5.91 Å². The zero-order chi connectivity index (χ0) is 18.3. The Bertz CT molecular complexity index is 848. The Hall–Kier alpha value is -1.55. The topological polar surface area (TPSA) is 41.1 Å². The molecular weight excluding hydrogens is 367 g/mol. The second kappa shape index (κ2) is 7.22. The normalized spacial score (nSPS) is 22.0. The summed E-state index contributed by atoms with van der Waals surface area (Å²) >= 11 is 12.3. The summed E-state index contributed by atoms with van der Waals surface area (Å²) < 4.78 is 0. The molecule has 5 heteroatoms. The number of hydrogen-bond donors (Lipinski definition) is 2. The van der Waals surface area contributed by atoms with E-state index >= 15 is 0 Å². The highest BCUT2D eigenvalue weighted by molar-refractivity contribution is 6.42. The summed E-state index contributed by atoms with van der Waals surface area (Å²) in [7, 11) is 1.99. The minimum absolute atomic E-state index is 0.141. The number of halogens is 2. The van der Waals surface area contributed by atoms with Crippen molar-refractivity contribution in [3.05, 3.63) is 63.1 Å².